The minimum absolute atomic E-state index is 0.0288. The van der Waals surface area contributed by atoms with Gasteiger partial charge in [-0.3, -0.25) is 4.79 Å². The molecule has 1 saturated heterocycles. The van der Waals surface area contributed by atoms with Crippen LogP contribution in [0.3, 0.4) is 0 Å². The van der Waals surface area contributed by atoms with Gasteiger partial charge in [-0.15, -0.1) is 0 Å². The van der Waals surface area contributed by atoms with Gasteiger partial charge in [0.2, 0.25) is 0 Å². The van der Waals surface area contributed by atoms with Crippen molar-refractivity contribution in [1.29, 1.82) is 0 Å². The topological polar surface area (TPSA) is 75.3 Å². The fourth-order valence-corrected chi connectivity index (χ4v) is 9.22. The molecule has 6 nitrogen and oxygen atoms in total. The molecule has 4 aromatic carbocycles. The number of carbonyl (C=O) groups excluding carboxylic acids is 1. The van der Waals surface area contributed by atoms with Crippen molar-refractivity contribution >= 4 is 21.6 Å². The van der Waals surface area contributed by atoms with Crippen LogP contribution in [0.2, 0.25) is 0 Å². The second kappa shape index (κ2) is 11.3. The predicted octanol–water partition coefficient (Wildman–Crippen LogP) is 5.81. The van der Waals surface area contributed by atoms with Gasteiger partial charge in [0.15, 0.2) is 5.69 Å². The van der Waals surface area contributed by atoms with E-state index in [1.165, 1.54) is 30.3 Å². The van der Waals surface area contributed by atoms with Crippen LogP contribution in [-0.4, -0.2) is 33.5 Å². The number of nitrogens with zero attached hydrogens (tertiary/aromatic N) is 1. The van der Waals surface area contributed by atoms with Crippen molar-refractivity contribution in [3.05, 3.63) is 131 Å². The molecule has 222 valence electrons. The first kappa shape index (κ1) is 29.2. The molecule has 9 heteroatoms. The van der Waals surface area contributed by atoms with Crippen LogP contribution in [0.25, 0.3) is 0 Å². The number of carbonyl (C=O) groups is 1. The summed E-state index contributed by atoms with van der Waals surface area (Å²) in [5.41, 5.74) is 2.53. The number of benzene rings is 4. The van der Waals surface area contributed by atoms with E-state index in [1.54, 1.807) is 30.3 Å². The monoisotopic (exact) mass is 602 g/mol. The van der Waals surface area contributed by atoms with Gasteiger partial charge in [-0.05, 0) is 75.3 Å². The summed E-state index contributed by atoms with van der Waals surface area (Å²) in [6.45, 7) is 3.60. The normalized spacial score (nSPS) is 21.0. The van der Waals surface area contributed by atoms with Crippen LogP contribution in [0.1, 0.15) is 46.8 Å². The van der Waals surface area contributed by atoms with E-state index >= 15 is 0 Å². The molecule has 2 heterocycles. The summed E-state index contributed by atoms with van der Waals surface area (Å²) >= 11 is 0. The maximum absolute atomic E-state index is 14.9. The second-order valence-corrected chi connectivity index (χ2v) is 13.5. The molecule has 1 amide bonds. The summed E-state index contributed by atoms with van der Waals surface area (Å²) in [7, 11) is -4.13. The minimum atomic E-state index is -4.13. The number of fused-ring (bicyclic) bond motifs is 2. The summed E-state index contributed by atoms with van der Waals surface area (Å²) < 4.78 is 57.6. The highest BCUT2D eigenvalue weighted by molar-refractivity contribution is 7.91. The molecule has 0 radical (unpaired) electrons. The average molecular weight is 603 g/mol. The van der Waals surface area contributed by atoms with Crippen molar-refractivity contribution in [1.82, 2.24) is 14.5 Å². The number of halogens is 2. The van der Waals surface area contributed by atoms with Gasteiger partial charge in [-0.25, -0.2) is 8.78 Å². The molecule has 2 aliphatic heterocycles. The lowest BCUT2D eigenvalue weighted by Crippen LogP contribution is -2.62. The first-order chi connectivity index (χ1) is 20.7. The van der Waals surface area contributed by atoms with Crippen molar-refractivity contribution in [2.24, 2.45) is 0 Å². The van der Waals surface area contributed by atoms with Gasteiger partial charge in [0.25, 0.3) is 5.91 Å². The zero-order chi connectivity index (χ0) is 30.2. The van der Waals surface area contributed by atoms with Gasteiger partial charge in [-0.2, -0.15) is 12.3 Å². The molecule has 2 N–H and O–H groups in total. The average Bonchev–Trinajstić information content (AvgIpc) is 3.22. The van der Waals surface area contributed by atoms with Crippen LogP contribution in [0, 0.1) is 11.6 Å². The standard InChI is InChI=1S/C34H33F2N3O3S/c1-24-34(17-19-37-20-18-34)30-21-26(33(40)38-22-27-9-5-6-10-31(27)36)11-16-32(30)39(24,23-25-7-3-2-4-8-25)43(41,42)29-14-12-28(35)13-15-29/h2-16,21,24,37H,17-20,22-23H2,1H3/p+1. The quantitative estimate of drug-likeness (QED) is 0.262. The van der Waals surface area contributed by atoms with Gasteiger partial charge in [0, 0.05) is 34.9 Å². The Labute approximate surface area is 251 Å². The molecular weight excluding hydrogens is 568 g/mol. The second-order valence-electron chi connectivity index (χ2n) is 11.5. The number of rotatable bonds is 7. The van der Waals surface area contributed by atoms with Gasteiger partial charge in [-0.1, -0.05) is 48.5 Å². The molecule has 43 heavy (non-hydrogen) atoms. The third-order valence-electron chi connectivity index (χ3n) is 9.32. The van der Waals surface area contributed by atoms with Gasteiger partial charge in [0.05, 0.1) is 5.41 Å². The Bertz CT molecular complexity index is 1760. The Kier molecular flexibility index (Phi) is 7.66. The van der Waals surface area contributed by atoms with Crippen LogP contribution in [0.15, 0.2) is 102 Å². The van der Waals surface area contributed by atoms with Crippen LogP contribution in [0.4, 0.5) is 14.5 Å². The predicted molar refractivity (Wildman–Crippen MR) is 163 cm³/mol. The molecule has 4 aromatic rings. The van der Waals surface area contributed by atoms with Crippen LogP contribution >= 0.6 is 0 Å². The molecular formula is C34H34F2N3O3S+. The van der Waals surface area contributed by atoms with E-state index in [0.717, 1.165) is 11.1 Å². The molecule has 6 rings (SSSR count). The molecule has 1 fully saturated rings. The van der Waals surface area contributed by atoms with E-state index in [9.17, 15) is 22.0 Å². The SMILES string of the molecule is CC1C2(CCNCC2)c2cc(C(=O)NCc3ccccc3F)ccc2[N+]1(Cc1ccccc1)S(=O)(=O)c1ccc(F)cc1. The number of nitrogens with one attached hydrogen (secondary N) is 2. The number of hydrogen-bond acceptors (Lipinski definition) is 4. The molecule has 1 spiro atoms. The molecule has 0 aliphatic carbocycles. The number of sulfonamides is 1. The molecule has 0 aromatic heterocycles. The number of quaternary nitrogens is 1. The smallest absolute Gasteiger partial charge is 0.332 e. The minimum Gasteiger partial charge on any atom is -0.348 e. The summed E-state index contributed by atoms with van der Waals surface area (Å²) in [5, 5.41) is 6.23. The zero-order valence-electron chi connectivity index (χ0n) is 23.9. The Morgan fingerprint density at radius 2 is 1.60 bits per heavy atom. The molecule has 0 bridgehead atoms. The van der Waals surface area contributed by atoms with E-state index in [2.05, 4.69) is 10.6 Å². The van der Waals surface area contributed by atoms with Gasteiger partial charge >= 0.3 is 10.0 Å². The van der Waals surface area contributed by atoms with Crippen LogP contribution < -0.4 is 14.5 Å². The molecule has 2 aliphatic rings. The summed E-state index contributed by atoms with van der Waals surface area (Å²) in [6, 6.07) is 25.7. The number of piperidine rings is 1. The maximum atomic E-state index is 14.9. The lowest BCUT2D eigenvalue weighted by Gasteiger charge is -2.43. The van der Waals surface area contributed by atoms with E-state index < -0.39 is 33.1 Å². The fraction of sp³-hybridized carbons (Fsp3) is 0.265. The summed E-state index contributed by atoms with van der Waals surface area (Å²) in [4.78, 5) is 13.4. The zero-order valence-corrected chi connectivity index (χ0v) is 24.7. The highest BCUT2D eigenvalue weighted by atomic mass is 32.2. The van der Waals surface area contributed by atoms with Gasteiger partial charge in [0.1, 0.15) is 29.1 Å². The van der Waals surface area contributed by atoms with Crippen molar-refractivity contribution in [3.63, 3.8) is 0 Å². The van der Waals surface area contributed by atoms with Crippen molar-refractivity contribution in [2.75, 3.05) is 13.1 Å². The Morgan fingerprint density at radius 3 is 2.30 bits per heavy atom. The third kappa shape index (κ3) is 4.85. The largest absolute Gasteiger partial charge is 0.348 e. The van der Waals surface area contributed by atoms with Crippen LogP contribution in [0.5, 0.6) is 0 Å². The fourth-order valence-electron chi connectivity index (χ4n) is 7.01. The Hall–Kier alpha value is -3.92. The molecule has 2 unspecified atom stereocenters. The molecule has 2 atom stereocenters. The highest BCUT2D eigenvalue weighted by Crippen LogP contribution is 2.57. The van der Waals surface area contributed by atoms with Crippen molar-refractivity contribution in [3.8, 4) is 0 Å². The van der Waals surface area contributed by atoms with E-state index in [0.29, 0.717) is 42.7 Å². The Balaban J connectivity index is 1.51. The van der Waals surface area contributed by atoms with Crippen LogP contribution in [-0.2, 0) is 28.5 Å². The van der Waals surface area contributed by atoms with E-state index in [1.807, 2.05) is 43.3 Å². The first-order valence-corrected chi connectivity index (χ1v) is 15.9. The van der Waals surface area contributed by atoms with Gasteiger partial charge < -0.3 is 10.6 Å². The summed E-state index contributed by atoms with van der Waals surface area (Å²) in [6.07, 6.45) is 1.38. The summed E-state index contributed by atoms with van der Waals surface area (Å²) in [5.74, 6) is -1.27. The Morgan fingerprint density at radius 1 is 0.930 bits per heavy atom. The first-order valence-electron chi connectivity index (χ1n) is 14.5. The maximum Gasteiger partial charge on any atom is 0.332 e. The third-order valence-corrected chi connectivity index (χ3v) is 11.7. The molecule has 0 saturated carbocycles. The van der Waals surface area contributed by atoms with E-state index in [4.69, 9.17) is 0 Å². The van der Waals surface area contributed by atoms with E-state index in [-0.39, 0.29) is 27.8 Å². The lowest BCUT2D eigenvalue weighted by atomic mass is 9.70. The van der Waals surface area contributed by atoms with Crippen molar-refractivity contribution < 1.29 is 22.0 Å². The number of hydrogen-bond donors (Lipinski definition) is 2. The lowest BCUT2D eigenvalue weighted by molar-refractivity contribution is 0.0950. The van der Waals surface area contributed by atoms with Crippen molar-refractivity contribution in [2.45, 2.75) is 49.2 Å². The highest BCUT2D eigenvalue weighted by Gasteiger charge is 2.65. The number of amides is 1.